The Bertz CT molecular complexity index is 802. The molecule has 1 aromatic heterocycles. The lowest BCUT2D eigenvalue weighted by molar-refractivity contribution is 0.490. The van der Waals surface area contributed by atoms with E-state index in [1.807, 2.05) is 25.2 Å². The van der Waals surface area contributed by atoms with Crippen molar-refractivity contribution in [2.24, 2.45) is 0 Å². The van der Waals surface area contributed by atoms with Gasteiger partial charge in [-0.3, -0.25) is 0 Å². The summed E-state index contributed by atoms with van der Waals surface area (Å²) in [6, 6.07) is 12.5. The van der Waals surface area contributed by atoms with Crippen LogP contribution in [0.2, 0.25) is 0 Å². The second kappa shape index (κ2) is 6.06. The Morgan fingerprint density at radius 2 is 2.00 bits per heavy atom. The first-order valence-electron chi connectivity index (χ1n) is 6.39. The van der Waals surface area contributed by atoms with Gasteiger partial charge in [0.2, 0.25) is 0 Å². The fourth-order valence-corrected chi connectivity index (χ4v) is 3.35. The minimum absolute atomic E-state index is 0.0930. The van der Waals surface area contributed by atoms with Crippen molar-refractivity contribution in [3.63, 3.8) is 0 Å². The fraction of sp³-hybridized carbons (Fsp3) is 0.125. The fourth-order valence-electron chi connectivity index (χ4n) is 2.36. The molecule has 0 amide bonds. The number of fused-ring (bicyclic) bond motifs is 1. The SMILES string of the molecule is CNC(c1cc2cc(F)ccc2o1)c1cc(I)ccc1Br. The van der Waals surface area contributed by atoms with Crippen molar-refractivity contribution < 1.29 is 8.81 Å². The van der Waals surface area contributed by atoms with Gasteiger partial charge in [-0.2, -0.15) is 0 Å². The lowest BCUT2D eigenvalue weighted by Gasteiger charge is -2.16. The van der Waals surface area contributed by atoms with Crippen LogP contribution in [0.25, 0.3) is 11.0 Å². The third-order valence-corrected chi connectivity index (χ3v) is 4.73. The topological polar surface area (TPSA) is 25.2 Å². The van der Waals surface area contributed by atoms with Crippen molar-refractivity contribution in [1.82, 2.24) is 5.32 Å². The largest absolute Gasteiger partial charge is 0.459 e. The monoisotopic (exact) mass is 459 g/mol. The quantitative estimate of drug-likeness (QED) is 0.541. The van der Waals surface area contributed by atoms with Gasteiger partial charge in [0.15, 0.2) is 0 Å². The number of benzene rings is 2. The van der Waals surface area contributed by atoms with Crippen LogP contribution < -0.4 is 5.32 Å². The Balaban J connectivity index is 2.11. The molecule has 1 atom stereocenters. The lowest BCUT2D eigenvalue weighted by atomic mass is 10.0. The van der Waals surface area contributed by atoms with Gasteiger partial charge in [-0.15, -0.1) is 0 Å². The first kappa shape index (κ1) is 15.0. The molecule has 21 heavy (non-hydrogen) atoms. The smallest absolute Gasteiger partial charge is 0.134 e. The van der Waals surface area contributed by atoms with E-state index >= 15 is 0 Å². The number of hydrogen-bond acceptors (Lipinski definition) is 2. The Morgan fingerprint density at radius 3 is 2.76 bits per heavy atom. The molecule has 0 aliphatic heterocycles. The van der Waals surface area contributed by atoms with Crippen LogP contribution in [0, 0.1) is 9.39 Å². The van der Waals surface area contributed by atoms with Crippen molar-refractivity contribution in [3.8, 4) is 0 Å². The molecular weight excluding hydrogens is 448 g/mol. The summed E-state index contributed by atoms with van der Waals surface area (Å²) in [4.78, 5) is 0. The summed E-state index contributed by atoms with van der Waals surface area (Å²) in [5.41, 5.74) is 1.78. The second-order valence-corrected chi connectivity index (χ2v) is 6.82. The predicted octanol–water partition coefficient (Wildman–Crippen LogP) is 5.25. The molecule has 1 unspecified atom stereocenters. The van der Waals surface area contributed by atoms with Crippen molar-refractivity contribution >= 4 is 49.5 Å². The summed E-state index contributed by atoms with van der Waals surface area (Å²) in [6.45, 7) is 0. The number of furan rings is 1. The average molecular weight is 460 g/mol. The number of rotatable bonds is 3. The first-order valence-corrected chi connectivity index (χ1v) is 8.27. The standard InChI is InChI=1S/C16H12BrFINO/c1-20-16(12-8-11(19)3-4-13(12)17)15-7-9-6-10(18)2-5-14(9)21-15/h2-8,16,20H,1H3. The number of hydrogen-bond donors (Lipinski definition) is 1. The zero-order valence-electron chi connectivity index (χ0n) is 11.2. The van der Waals surface area contributed by atoms with E-state index in [9.17, 15) is 4.39 Å². The molecule has 0 saturated carbocycles. The van der Waals surface area contributed by atoms with Gasteiger partial charge in [-0.1, -0.05) is 15.9 Å². The highest BCUT2D eigenvalue weighted by Crippen LogP contribution is 2.33. The summed E-state index contributed by atoms with van der Waals surface area (Å²) in [7, 11) is 1.88. The summed E-state index contributed by atoms with van der Waals surface area (Å²) < 4.78 is 21.3. The summed E-state index contributed by atoms with van der Waals surface area (Å²) in [5.74, 6) is 0.507. The van der Waals surface area contributed by atoms with Gasteiger partial charge >= 0.3 is 0 Å². The van der Waals surface area contributed by atoms with Gasteiger partial charge in [0.05, 0.1) is 6.04 Å². The Morgan fingerprint density at radius 1 is 1.19 bits per heavy atom. The molecular formula is C16H12BrFINO. The van der Waals surface area contributed by atoms with Gasteiger partial charge in [0, 0.05) is 13.4 Å². The third kappa shape index (κ3) is 3.00. The van der Waals surface area contributed by atoms with Crippen LogP contribution in [-0.2, 0) is 0 Å². The van der Waals surface area contributed by atoms with Crippen LogP contribution in [-0.4, -0.2) is 7.05 Å². The highest BCUT2D eigenvalue weighted by atomic mass is 127. The molecule has 5 heteroatoms. The van der Waals surface area contributed by atoms with Crippen LogP contribution in [0.5, 0.6) is 0 Å². The van der Waals surface area contributed by atoms with E-state index < -0.39 is 0 Å². The number of halogens is 3. The third-order valence-electron chi connectivity index (χ3n) is 3.34. The molecule has 0 spiro atoms. The molecule has 1 N–H and O–H groups in total. The Kier molecular flexibility index (Phi) is 4.33. The van der Waals surface area contributed by atoms with E-state index in [0.29, 0.717) is 5.58 Å². The maximum atomic E-state index is 13.3. The van der Waals surface area contributed by atoms with E-state index in [-0.39, 0.29) is 11.9 Å². The molecule has 2 nitrogen and oxygen atoms in total. The second-order valence-electron chi connectivity index (χ2n) is 4.72. The van der Waals surface area contributed by atoms with Crippen LogP contribution >= 0.6 is 38.5 Å². The normalized spacial score (nSPS) is 12.8. The molecule has 2 aromatic carbocycles. The summed E-state index contributed by atoms with van der Waals surface area (Å²) in [5, 5.41) is 4.03. The maximum absolute atomic E-state index is 13.3. The first-order chi connectivity index (χ1) is 10.1. The van der Waals surface area contributed by atoms with Crippen LogP contribution in [0.4, 0.5) is 4.39 Å². The lowest BCUT2D eigenvalue weighted by Crippen LogP contribution is -2.17. The van der Waals surface area contributed by atoms with E-state index in [2.05, 4.69) is 49.9 Å². The Labute approximate surface area is 144 Å². The Hall–Kier alpha value is -0.920. The van der Waals surface area contributed by atoms with Crippen molar-refractivity contribution in [3.05, 3.63) is 67.6 Å². The molecule has 3 rings (SSSR count). The highest BCUT2D eigenvalue weighted by molar-refractivity contribution is 14.1. The van der Waals surface area contributed by atoms with Crippen molar-refractivity contribution in [2.75, 3.05) is 7.05 Å². The molecule has 108 valence electrons. The minimum atomic E-state index is -0.258. The summed E-state index contributed by atoms with van der Waals surface area (Å²) in [6.07, 6.45) is 0. The zero-order chi connectivity index (χ0) is 15.0. The molecule has 0 saturated heterocycles. The van der Waals surface area contributed by atoms with Crippen LogP contribution in [0.3, 0.4) is 0 Å². The van der Waals surface area contributed by atoms with E-state index in [1.54, 1.807) is 6.07 Å². The minimum Gasteiger partial charge on any atom is -0.459 e. The number of nitrogens with one attached hydrogen (secondary N) is 1. The van der Waals surface area contributed by atoms with Gasteiger partial charge in [-0.05, 0) is 77.7 Å². The van der Waals surface area contributed by atoms with Gasteiger partial charge in [-0.25, -0.2) is 4.39 Å². The van der Waals surface area contributed by atoms with E-state index in [0.717, 1.165) is 24.8 Å². The average Bonchev–Trinajstić information content (AvgIpc) is 2.86. The molecule has 1 heterocycles. The van der Waals surface area contributed by atoms with Gasteiger partial charge in [0.1, 0.15) is 17.2 Å². The molecule has 0 radical (unpaired) electrons. The maximum Gasteiger partial charge on any atom is 0.134 e. The molecule has 0 bridgehead atoms. The van der Waals surface area contributed by atoms with Crippen molar-refractivity contribution in [2.45, 2.75) is 6.04 Å². The molecule has 3 aromatic rings. The highest BCUT2D eigenvalue weighted by Gasteiger charge is 2.19. The predicted molar refractivity (Wildman–Crippen MR) is 93.9 cm³/mol. The molecule has 0 aliphatic rings. The zero-order valence-corrected chi connectivity index (χ0v) is 14.9. The molecule has 0 aliphatic carbocycles. The molecule has 0 fully saturated rings. The van der Waals surface area contributed by atoms with E-state index in [4.69, 9.17) is 4.42 Å². The van der Waals surface area contributed by atoms with Crippen LogP contribution in [0.15, 0.2) is 51.4 Å². The van der Waals surface area contributed by atoms with Crippen molar-refractivity contribution in [1.29, 1.82) is 0 Å². The van der Waals surface area contributed by atoms with Gasteiger partial charge in [0.25, 0.3) is 0 Å². The summed E-state index contributed by atoms with van der Waals surface area (Å²) >= 11 is 5.86. The van der Waals surface area contributed by atoms with Gasteiger partial charge < -0.3 is 9.73 Å². The van der Waals surface area contributed by atoms with Crippen LogP contribution in [0.1, 0.15) is 17.4 Å². The van der Waals surface area contributed by atoms with E-state index in [1.165, 1.54) is 12.1 Å².